The number of aromatic nitrogens is 4. The van der Waals surface area contributed by atoms with E-state index < -0.39 is 5.91 Å². The van der Waals surface area contributed by atoms with Gasteiger partial charge in [-0.05, 0) is 41.1 Å². The Morgan fingerprint density at radius 3 is 2.64 bits per heavy atom. The van der Waals surface area contributed by atoms with E-state index in [-0.39, 0.29) is 34.3 Å². The van der Waals surface area contributed by atoms with Crippen molar-refractivity contribution in [3.8, 4) is 17.8 Å². The second kappa shape index (κ2) is 9.61. The van der Waals surface area contributed by atoms with Crippen molar-refractivity contribution in [3.63, 3.8) is 0 Å². The first kappa shape index (κ1) is 22.6. The summed E-state index contributed by atoms with van der Waals surface area (Å²) in [5.41, 5.74) is 0.636. The van der Waals surface area contributed by atoms with Crippen LogP contribution in [-0.2, 0) is 0 Å². The third-order valence-electron chi connectivity index (χ3n) is 5.17. The van der Waals surface area contributed by atoms with Crippen molar-refractivity contribution < 1.29 is 9.90 Å². The first-order valence-electron chi connectivity index (χ1n) is 10.5. The van der Waals surface area contributed by atoms with Crippen molar-refractivity contribution in [1.82, 2.24) is 19.7 Å². The molecule has 0 atom stereocenters. The van der Waals surface area contributed by atoms with E-state index in [4.69, 9.17) is 11.6 Å². The Morgan fingerprint density at radius 2 is 1.86 bits per heavy atom. The van der Waals surface area contributed by atoms with E-state index in [0.717, 1.165) is 0 Å². The van der Waals surface area contributed by atoms with Crippen LogP contribution in [0.1, 0.15) is 15.9 Å². The Balaban J connectivity index is 1.60. The summed E-state index contributed by atoms with van der Waals surface area (Å²) in [7, 11) is 0. The van der Waals surface area contributed by atoms with E-state index in [0.29, 0.717) is 21.5 Å². The van der Waals surface area contributed by atoms with Crippen molar-refractivity contribution in [2.75, 3.05) is 5.32 Å². The predicted octanol–water partition coefficient (Wildman–Crippen LogP) is 5.71. The number of aromatic hydroxyl groups is 1. The summed E-state index contributed by atoms with van der Waals surface area (Å²) in [5.74, 6) is -0.667. The minimum absolute atomic E-state index is 0.0161. The quantitative estimate of drug-likeness (QED) is 0.299. The second-order valence-corrected chi connectivity index (χ2v) is 7.90. The largest absolute Gasteiger partial charge is 0.505 e. The highest BCUT2D eigenvalue weighted by atomic mass is 35.5. The molecular formula is C25H15ClN8O2. The summed E-state index contributed by atoms with van der Waals surface area (Å²) < 4.78 is 1.26. The number of amides is 1. The average Bonchev–Trinajstić information content (AvgIpc) is 3.31. The monoisotopic (exact) mass is 494 g/mol. The molecule has 0 fully saturated rings. The summed E-state index contributed by atoms with van der Waals surface area (Å²) in [6.07, 6.45) is 4.36. The van der Waals surface area contributed by atoms with Gasteiger partial charge in [-0.2, -0.15) is 15.0 Å². The van der Waals surface area contributed by atoms with Gasteiger partial charge in [-0.25, -0.2) is 9.97 Å². The number of carbonyl (C=O) groups excluding carboxylic acids is 1. The van der Waals surface area contributed by atoms with Crippen molar-refractivity contribution in [2.45, 2.75) is 0 Å². The molecule has 11 heteroatoms. The minimum Gasteiger partial charge on any atom is -0.505 e. The maximum atomic E-state index is 13.2. The molecule has 2 aromatic heterocycles. The van der Waals surface area contributed by atoms with Crippen molar-refractivity contribution in [3.05, 3.63) is 95.4 Å². The van der Waals surface area contributed by atoms with Crippen LogP contribution in [0.5, 0.6) is 5.75 Å². The molecule has 174 valence electrons. The topological polar surface area (TPSA) is 141 Å². The number of fused-ring (bicyclic) bond motifs is 1. The van der Waals surface area contributed by atoms with Crippen LogP contribution in [0.15, 0.2) is 89.5 Å². The Hall–Kier alpha value is -5.14. The molecule has 0 bridgehead atoms. The highest BCUT2D eigenvalue weighted by Gasteiger charge is 2.20. The smallest absolute Gasteiger partial charge is 0.260 e. The van der Waals surface area contributed by atoms with Crippen LogP contribution >= 0.6 is 11.6 Å². The van der Waals surface area contributed by atoms with Crippen molar-refractivity contribution >= 4 is 45.5 Å². The molecule has 0 saturated heterocycles. The van der Waals surface area contributed by atoms with Gasteiger partial charge in [0.05, 0.1) is 11.8 Å². The zero-order chi connectivity index (χ0) is 25.1. The van der Waals surface area contributed by atoms with Gasteiger partial charge in [-0.1, -0.05) is 41.9 Å². The fourth-order valence-corrected chi connectivity index (χ4v) is 3.74. The molecule has 2 N–H and O–H groups in total. The van der Waals surface area contributed by atoms with Gasteiger partial charge in [0.1, 0.15) is 17.3 Å². The van der Waals surface area contributed by atoms with Gasteiger partial charge in [0.25, 0.3) is 11.9 Å². The van der Waals surface area contributed by atoms with Gasteiger partial charge in [-0.15, -0.1) is 10.2 Å². The predicted molar refractivity (Wildman–Crippen MR) is 133 cm³/mol. The fourth-order valence-electron chi connectivity index (χ4n) is 3.55. The van der Waals surface area contributed by atoms with E-state index >= 15 is 0 Å². The van der Waals surface area contributed by atoms with Crippen LogP contribution in [0, 0.1) is 11.3 Å². The number of nitrogens with one attached hydrogen (secondary N) is 1. The molecule has 10 nitrogen and oxygen atoms in total. The van der Waals surface area contributed by atoms with Gasteiger partial charge in [0.15, 0.2) is 11.6 Å². The summed E-state index contributed by atoms with van der Waals surface area (Å²) >= 11 is 6.03. The number of hydrogen-bond acceptors (Lipinski definition) is 8. The van der Waals surface area contributed by atoms with Crippen LogP contribution < -0.4 is 5.32 Å². The number of nitrogens with zero attached hydrogens (tertiary/aromatic N) is 7. The number of hydrogen-bond donors (Lipinski definition) is 2. The van der Waals surface area contributed by atoms with Crippen molar-refractivity contribution in [1.29, 1.82) is 5.26 Å². The highest BCUT2D eigenvalue weighted by Crippen LogP contribution is 2.38. The SMILES string of the molecule is N#Cc1cnn(-c2ncccn2)c1N=Nc1cc2ccccc2c(C(=O)Nc2cccc(Cl)c2)c1O. The van der Waals surface area contributed by atoms with E-state index in [9.17, 15) is 15.2 Å². The first-order valence-corrected chi connectivity index (χ1v) is 10.9. The lowest BCUT2D eigenvalue weighted by Gasteiger charge is -2.12. The number of phenolic OH excluding ortho intramolecular Hbond substituents is 1. The number of benzene rings is 3. The highest BCUT2D eigenvalue weighted by molar-refractivity contribution is 6.31. The summed E-state index contributed by atoms with van der Waals surface area (Å²) in [6, 6.07) is 19.0. The lowest BCUT2D eigenvalue weighted by molar-refractivity contribution is 0.102. The number of anilines is 1. The molecule has 0 aliphatic rings. The van der Waals surface area contributed by atoms with Crippen LogP contribution in [0.3, 0.4) is 0 Å². The average molecular weight is 495 g/mol. The number of phenols is 1. The molecule has 2 heterocycles. The maximum absolute atomic E-state index is 13.2. The van der Waals surface area contributed by atoms with E-state index in [1.807, 2.05) is 6.07 Å². The fraction of sp³-hybridized carbons (Fsp3) is 0. The Kier molecular flexibility index (Phi) is 6.05. The van der Waals surface area contributed by atoms with Gasteiger partial charge in [-0.3, -0.25) is 4.79 Å². The number of rotatable bonds is 5. The molecule has 0 aliphatic heterocycles. The van der Waals surface area contributed by atoms with Gasteiger partial charge in [0, 0.05) is 23.1 Å². The number of halogens is 1. The summed E-state index contributed by atoms with van der Waals surface area (Å²) in [5, 5.41) is 37.4. The Morgan fingerprint density at radius 1 is 1.06 bits per heavy atom. The lowest BCUT2D eigenvalue weighted by atomic mass is 10.0. The molecule has 3 aromatic carbocycles. The van der Waals surface area contributed by atoms with E-state index in [1.54, 1.807) is 60.7 Å². The van der Waals surface area contributed by atoms with Crippen LogP contribution in [0.4, 0.5) is 17.2 Å². The Labute approximate surface area is 209 Å². The zero-order valence-electron chi connectivity index (χ0n) is 18.4. The minimum atomic E-state index is -0.552. The standard InChI is InChI=1S/C25H15ClN8O2/c26-17-6-3-7-18(12-17)31-24(36)21-19-8-2-1-5-15(19)11-20(22(21)35)32-33-23-16(13-27)14-30-34(23)25-28-9-4-10-29-25/h1-12,14,35H,(H,31,36). The molecular weight excluding hydrogens is 480 g/mol. The van der Waals surface area contributed by atoms with Gasteiger partial charge in [0.2, 0.25) is 0 Å². The molecule has 1 amide bonds. The molecule has 5 aromatic rings. The van der Waals surface area contributed by atoms with Crippen LogP contribution in [-0.4, -0.2) is 30.8 Å². The zero-order valence-corrected chi connectivity index (χ0v) is 19.1. The first-order chi connectivity index (χ1) is 17.5. The number of azo groups is 1. The molecule has 0 saturated carbocycles. The molecule has 0 unspecified atom stereocenters. The summed E-state index contributed by atoms with van der Waals surface area (Å²) in [6.45, 7) is 0. The molecule has 0 aliphatic carbocycles. The van der Waals surface area contributed by atoms with E-state index in [2.05, 4.69) is 30.6 Å². The lowest BCUT2D eigenvalue weighted by Crippen LogP contribution is -2.12. The van der Waals surface area contributed by atoms with Crippen LogP contribution in [0.2, 0.25) is 5.02 Å². The number of carbonyl (C=O) groups is 1. The molecule has 36 heavy (non-hydrogen) atoms. The van der Waals surface area contributed by atoms with E-state index in [1.165, 1.54) is 23.3 Å². The molecule has 0 spiro atoms. The summed E-state index contributed by atoms with van der Waals surface area (Å²) in [4.78, 5) is 21.5. The third kappa shape index (κ3) is 4.34. The molecule has 0 radical (unpaired) electrons. The maximum Gasteiger partial charge on any atom is 0.260 e. The Bertz CT molecular complexity index is 1680. The molecule has 5 rings (SSSR count). The van der Waals surface area contributed by atoms with Gasteiger partial charge < -0.3 is 10.4 Å². The normalized spacial score (nSPS) is 11.0. The van der Waals surface area contributed by atoms with Gasteiger partial charge >= 0.3 is 0 Å². The number of nitriles is 1. The van der Waals surface area contributed by atoms with Crippen molar-refractivity contribution in [2.24, 2.45) is 10.2 Å². The van der Waals surface area contributed by atoms with Crippen LogP contribution in [0.25, 0.3) is 16.7 Å². The third-order valence-corrected chi connectivity index (χ3v) is 5.40. The second-order valence-electron chi connectivity index (χ2n) is 7.46.